The highest BCUT2D eigenvalue weighted by Crippen LogP contribution is 2.28. The molecule has 3 aromatic rings. The van der Waals surface area contributed by atoms with Gasteiger partial charge in [-0.2, -0.15) is 0 Å². The van der Waals surface area contributed by atoms with Crippen LogP contribution in [0.1, 0.15) is 21.7 Å². The Morgan fingerprint density at radius 1 is 1.21 bits per heavy atom. The van der Waals surface area contributed by atoms with Crippen LogP contribution in [0.3, 0.4) is 0 Å². The lowest BCUT2D eigenvalue weighted by atomic mass is 10.2. The van der Waals surface area contributed by atoms with Crippen molar-refractivity contribution < 1.29 is 22.7 Å². The van der Waals surface area contributed by atoms with E-state index in [2.05, 4.69) is 4.98 Å². The van der Waals surface area contributed by atoms with Crippen molar-refractivity contribution in [3.8, 4) is 0 Å². The Balaban J connectivity index is 2.40. The molecule has 6 nitrogen and oxygen atoms in total. The van der Waals surface area contributed by atoms with Gasteiger partial charge >= 0.3 is 5.97 Å². The third-order valence-corrected chi connectivity index (χ3v) is 5.45. The number of hydrogen-bond acceptors (Lipinski definition) is 4. The van der Waals surface area contributed by atoms with Gasteiger partial charge in [0.15, 0.2) is 5.82 Å². The highest BCUT2D eigenvalue weighted by molar-refractivity contribution is 7.90. The molecule has 2 aromatic heterocycles. The quantitative estimate of drug-likeness (QED) is 0.786. The highest BCUT2D eigenvalue weighted by atomic mass is 32.2. The van der Waals surface area contributed by atoms with Crippen molar-refractivity contribution in [2.24, 2.45) is 0 Å². The number of carboxylic acids is 1. The van der Waals surface area contributed by atoms with Gasteiger partial charge in [0, 0.05) is 5.39 Å². The number of hydrogen-bond donors (Lipinski definition) is 1. The number of halogens is 1. The minimum atomic E-state index is -4.22. The summed E-state index contributed by atoms with van der Waals surface area (Å²) in [6.45, 7) is 3.22. The zero-order valence-electron chi connectivity index (χ0n) is 12.8. The molecule has 8 heteroatoms. The summed E-state index contributed by atoms with van der Waals surface area (Å²) in [6.07, 6.45) is 1.16. The molecule has 0 saturated heterocycles. The largest absolute Gasteiger partial charge is 0.477 e. The van der Waals surface area contributed by atoms with E-state index in [0.29, 0.717) is 3.97 Å². The third kappa shape index (κ3) is 2.35. The highest BCUT2D eigenvalue weighted by Gasteiger charge is 2.28. The predicted molar refractivity (Wildman–Crippen MR) is 85.2 cm³/mol. The normalized spacial score (nSPS) is 11.8. The maximum absolute atomic E-state index is 14.2. The zero-order chi connectivity index (χ0) is 17.6. The number of aromatic carboxylic acids is 1. The van der Waals surface area contributed by atoms with Crippen LogP contribution in [-0.4, -0.2) is 28.5 Å². The van der Waals surface area contributed by atoms with Crippen molar-refractivity contribution in [3.05, 3.63) is 59.3 Å². The van der Waals surface area contributed by atoms with Gasteiger partial charge < -0.3 is 5.11 Å². The SMILES string of the molecule is Cc1ccc(S(=O)(=O)n2c(C(=O)O)cc3c(F)c(C)ncc32)cc1. The molecule has 2 heterocycles. The van der Waals surface area contributed by atoms with Gasteiger partial charge in [-0.15, -0.1) is 0 Å². The van der Waals surface area contributed by atoms with Crippen LogP contribution in [0.5, 0.6) is 0 Å². The monoisotopic (exact) mass is 348 g/mol. The Morgan fingerprint density at radius 2 is 1.83 bits per heavy atom. The Hall–Kier alpha value is -2.74. The number of aromatic nitrogens is 2. The Bertz CT molecular complexity index is 1070. The second-order valence-corrected chi connectivity index (χ2v) is 7.16. The minimum absolute atomic E-state index is 0.0596. The Morgan fingerprint density at radius 3 is 2.42 bits per heavy atom. The van der Waals surface area contributed by atoms with E-state index >= 15 is 0 Å². The molecule has 0 amide bonds. The molecule has 0 aliphatic carbocycles. The van der Waals surface area contributed by atoms with Gasteiger partial charge in [0.2, 0.25) is 0 Å². The molecule has 0 fully saturated rings. The Labute approximate surface area is 137 Å². The van der Waals surface area contributed by atoms with Crippen LogP contribution in [0.4, 0.5) is 4.39 Å². The molecule has 0 radical (unpaired) electrons. The first-order valence-corrected chi connectivity index (χ1v) is 8.39. The third-order valence-electron chi connectivity index (χ3n) is 3.71. The molecule has 1 aromatic carbocycles. The van der Waals surface area contributed by atoms with Crippen LogP contribution in [0.2, 0.25) is 0 Å². The summed E-state index contributed by atoms with van der Waals surface area (Å²) in [6, 6.07) is 6.96. The van der Waals surface area contributed by atoms with Crippen molar-refractivity contribution in [1.82, 2.24) is 8.96 Å². The van der Waals surface area contributed by atoms with E-state index in [4.69, 9.17) is 0 Å². The van der Waals surface area contributed by atoms with Crippen molar-refractivity contribution in [2.75, 3.05) is 0 Å². The molecule has 3 rings (SSSR count). The van der Waals surface area contributed by atoms with Crippen LogP contribution >= 0.6 is 0 Å². The second kappa shape index (κ2) is 5.41. The van der Waals surface area contributed by atoms with Crippen LogP contribution in [0.15, 0.2) is 41.4 Å². The smallest absolute Gasteiger partial charge is 0.353 e. The van der Waals surface area contributed by atoms with E-state index in [9.17, 15) is 22.7 Å². The number of carbonyl (C=O) groups is 1. The van der Waals surface area contributed by atoms with E-state index in [1.165, 1.54) is 19.1 Å². The lowest BCUT2D eigenvalue weighted by Crippen LogP contribution is -2.18. The van der Waals surface area contributed by atoms with Gasteiger partial charge in [0.05, 0.1) is 22.3 Å². The lowest BCUT2D eigenvalue weighted by Gasteiger charge is -2.10. The van der Waals surface area contributed by atoms with Crippen molar-refractivity contribution >= 4 is 26.9 Å². The molecular formula is C16H13FN2O4S. The standard InChI is InChI=1S/C16H13FN2O4S/c1-9-3-5-11(6-4-9)24(22,23)19-13(16(20)21)7-12-14(19)8-18-10(2)15(12)17/h3-8H,1-2H3,(H,20,21). The van der Waals surface area contributed by atoms with Crippen LogP contribution < -0.4 is 0 Å². The molecule has 1 N–H and O–H groups in total. The Kier molecular flexibility index (Phi) is 3.64. The first kappa shape index (κ1) is 16.1. The van der Waals surface area contributed by atoms with E-state index in [1.807, 2.05) is 0 Å². The van der Waals surface area contributed by atoms with Gasteiger partial charge in [-0.05, 0) is 32.0 Å². The molecule has 0 aliphatic rings. The number of fused-ring (bicyclic) bond motifs is 1. The molecule has 124 valence electrons. The number of benzene rings is 1. The summed E-state index contributed by atoms with van der Waals surface area (Å²) in [5.74, 6) is -2.22. The second-order valence-electron chi connectivity index (χ2n) is 5.37. The molecule has 0 bridgehead atoms. The number of nitrogens with zero attached hydrogens (tertiary/aromatic N) is 2. The summed E-state index contributed by atoms with van der Waals surface area (Å²) in [7, 11) is -4.22. The predicted octanol–water partition coefficient (Wildman–Crippen LogP) is 2.73. The molecule has 0 spiro atoms. The number of aryl methyl sites for hydroxylation is 2. The number of pyridine rings is 1. The topological polar surface area (TPSA) is 89.3 Å². The maximum Gasteiger partial charge on any atom is 0.353 e. The summed E-state index contributed by atoms with van der Waals surface area (Å²) in [4.78, 5) is 15.2. The van der Waals surface area contributed by atoms with Gasteiger partial charge in [-0.1, -0.05) is 17.7 Å². The fraction of sp³-hybridized carbons (Fsp3) is 0.125. The first-order chi connectivity index (χ1) is 11.2. The van der Waals surface area contributed by atoms with Crippen LogP contribution in [0, 0.1) is 19.7 Å². The van der Waals surface area contributed by atoms with Crippen molar-refractivity contribution in [3.63, 3.8) is 0 Å². The van der Waals surface area contributed by atoms with Gasteiger partial charge in [-0.3, -0.25) is 4.98 Å². The van der Waals surface area contributed by atoms with Crippen molar-refractivity contribution in [1.29, 1.82) is 0 Å². The molecule has 0 saturated carbocycles. The lowest BCUT2D eigenvalue weighted by molar-refractivity contribution is 0.0689. The number of carboxylic acid groups (broad SMARTS) is 1. The molecule has 24 heavy (non-hydrogen) atoms. The first-order valence-electron chi connectivity index (χ1n) is 6.95. The molecule has 0 unspecified atom stereocenters. The van der Waals surface area contributed by atoms with Gasteiger partial charge in [0.25, 0.3) is 10.0 Å². The molecular weight excluding hydrogens is 335 g/mol. The van der Waals surface area contributed by atoms with Crippen LogP contribution in [-0.2, 0) is 10.0 Å². The molecule has 0 atom stereocenters. The van der Waals surface area contributed by atoms with E-state index in [1.54, 1.807) is 19.1 Å². The fourth-order valence-corrected chi connectivity index (χ4v) is 3.92. The fourth-order valence-electron chi connectivity index (χ4n) is 2.44. The average Bonchev–Trinajstić information content (AvgIpc) is 2.92. The van der Waals surface area contributed by atoms with Gasteiger partial charge in [0.1, 0.15) is 5.69 Å². The van der Waals surface area contributed by atoms with E-state index in [-0.39, 0.29) is 21.5 Å². The summed E-state index contributed by atoms with van der Waals surface area (Å²) < 4.78 is 40.6. The van der Waals surface area contributed by atoms with E-state index < -0.39 is 27.5 Å². The van der Waals surface area contributed by atoms with Crippen molar-refractivity contribution in [2.45, 2.75) is 18.7 Å². The maximum atomic E-state index is 14.2. The van der Waals surface area contributed by atoms with Crippen LogP contribution in [0.25, 0.3) is 10.9 Å². The average molecular weight is 348 g/mol. The molecule has 0 aliphatic heterocycles. The summed E-state index contributed by atoms with van der Waals surface area (Å²) >= 11 is 0. The summed E-state index contributed by atoms with van der Waals surface area (Å²) in [5.41, 5.74) is 0.255. The zero-order valence-corrected chi connectivity index (χ0v) is 13.6. The minimum Gasteiger partial charge on any atom is -0.477 e. The summed E-state index contributed by atoms with van der Waals surface area (Å²) in [5, 5.41) is 9.25. The number of rotatable bonds is 3. The van der Waals surface area contributed by atoms with Gasteiger partial charge in [-0.25, -0.2) is 21.6 Å². The van der Waals surface area contributed by atoms with E-state index in [0.717, 1.165) is 17.8 Å².